The van der Waals surface area contributed by atoms with Gasteiger partial charge in [0.15, 0.2) is 0 Å². The first-order valence-corrected chi connectivity index (χ1v) is 9.64. The Morgan fingerprint density at radius 3 is 2.48 bits per heavy atom. The molecule has 2 N–H and O–H groups in total. The SMILES string of the molecule is N#Cc1ccc(C(=O)NC[C@@H](c2ccccc2Cl)c2c[nH]c3ccccc23)cc1. The van der Waals surface area contributed by atoms with Crippen LogP contribution in [-0.2, 0) is 0 Å². The number of nitrogens with one attached hydrogen (secondary N) is 2. The van der Waals surface area contributed by atoms with Crippen molar-refractivity contribution in [1.29, 1.82) is 5.26 Å². The number of aromatic nitrogens is 1. The number of amides is 1. The van der Waals surface area contributed by atoms with E-state index in [4.69, 9.17) is 16.9 Å². The summed E-state index contributed by atoms with van der Waals surface area (Å²) < 4.78 is 0. The molecule has 29 heavy (non-hydrogen) atoms. The van der Waals surface area contributed by atoms with Gasteiger partial charge < -0.3 is 10.3 Å². The van der Waals surface area contributed by atoms with Crippen LogP contribution in [0.25, 0.3) is 10.9 Å². The number of nitriles is 1. The summed E-state index contributed by atoms with van der Waals surface area (Å²) in [5, 5.41) is 13.7. The third-order valence-corrected chi connectivity index (χ3v) is 5.36. The van der Waals surface area contributed by atoms with Gasteiger partial charge in [0.25, 0.3) is 5.91 Å². The van der Waals surface area contributed by atoms with Crippen molar-refractivity contribution < 1.29 is 4.79 Å². The van der Waals surface area contributed by atoms with Crippen LogP contribution in [0.1, 0.15) is 33.0 Å². The summed E-state index contributed by atoms with van der Waals surface area (Å²) >= 11 is 6.50. The second kappa shape index (κ2) is 8.22. The van der Waals surface area contributed by atoms with Gasteiger partial charge >= 0.3 is 0 Å². The summed E-state index contributed by atoms with van der Waals surface area (Å²) in [6, 6.07) is 24.4. The molecular formula is C24H18ClN3O. The van der Waals surface area contributed by atoms with Crippen LogP contribution < -0.4 is 5.32 Å². The van der Waals surface area contributed by atoms with Gasteiger partial charge in [0.2, 0.25) is 0 Å². The lowest BCUT2D eigenvalue weighted by atomic mass is 9.90. The van der Waals surface area contributed by atoms with Gasteiger partial charge in [-0.05, 0) is 47.5 Å². The lowest BCUT2D eigenvalue weighted by Crippen LogP contribution is -2.29. The Bertz CT molecular complexity index is 1200. The van der Waals surface area contributed by atoms with Crippen LogP contribution in [0.4, 0.5) is 0 Å². The van der Waals surface area contributed by atoms with Crippen molar-refractivity contribution in [2.45, 2.75) is 5.92 Å². The third kappa shape index (κ3) is 3.87. The average molecular weight is 400 g/mol. The van der Waals surface area contributed by atoms with Gasteiger partial charge in [-0.15, -0.1) is 0 Å². The Balaban J connectivity index is 1.65. The number of benzene rings is 3. The molecule has 1 amide bonds. The number of rotatable bonds is 5. The predicted octanol–water partition coefficient (Wildman–Crippen LogP) is 5.25. The number of nitrogens with zero attached hydrogens (tertiary/aromatic N) is 1. The zero-order valence-electron chi connectivity index (χ0n) is 15.5. The summed E-state index contributed by atoms with van der Waals surface area (Å²) in [6.45, 7) is 0.393. The van der Waals surface area contributed by atoms with Crippen LogP contribution in [0, 0.1) is 11.3 Å². The van der Waals surface area contributed by atoms with Crippen molar-refractivity contribution in [3.05, 3.63) is 106 Å². The van der Waals surface area contributed by atoms with E-state index in [0.717, 1.165) is 22.0 Å². The second-order valence-corrected chi connectivity index (χ2v) is 7.17. The quantitative estimate of drug-likeness (QED) is 0.481. The highest BCUT2D eigenvalue weighted by Gasteiger charge is 2.21. The molecule has 5 heteroatoms. The van der Waals surface area contributed by atoms with E-state index in [-0.39, 0.29) is 11.8 Å². The highest BCUT2D eigenvalue weighted by Crippen LogP contribution is 2.34. The molecule has 0 saturated heterocycles. The fourth-order valence-electron chi connectivity index (χ4n) is 3.52. The topological polar surface area (TPSA) is 68.7 Å². The number of fused-ring (bicyclic) bond motifs is 1. The Morgan fingerprint density at radius 1 is 1.00 bits per heavy atom. The number of carbonyl (C=O) groups is 1. The molecule has 142 valence electrons. The van der Waals surface area contributed by atoms with E-state index >= 15 is 0 Å². The van der Waals surface area contributed by atoms with E-state index in [2.05, 4.69) is 22.4 Å². The normalized spacial score (nSPS) is 11.7. The molecule has 4 nitrogen and oxygen atoms in total. The van der Waals surface area contributed by atoms with Gasteiger partial charge in [-0.3, -0.25) is 4.79 Å². The van der Waals surface area contributed by atoms with Crippen molar-refractivity contribution in [3.8, 4) is 6.07 Å². The summed E-state index contributed by atoms with van der Waals surface area (Å²) in [5.74, 6) is -0.298. The van der Waals surface area contributed by atoms with Gasteiger partial charge in [0.1, 0.15) is 0 Å². The first kappa shape index (κ1) is 18.8. The van der Waals surface area contributed by atoms with Crippen molar-refractivity contribution in [2.24, 2.45) is 0 Å². The van der Waals surface area contributed by atoms with Gasteiger partial charge in [-0.25, -0.2) is 0 Å². The fraction of sp³-hybridized carbons (Fsp3) is 0.0833. The molecule has 1 aromatic heterocycles. The zero-order valence-corrected chi connectivity index (χ0v) is 16.3. The minimum atomic E-state index is -0.189. The smallest absolute Gasteiger partial charge is 0.251 e. The molecular weight excluding hydrogens is 382 g/mol. The molecule has 0 aliphatic carbocycles. The molecule has 0 radical (unpaired) electrons. The van der Waals surface area contributed by atoms with Crippen LogP contribution in [0.15, 0.2) is 79.0 Å². The lowest BCUT2D eigenvalue weighted by Gasteiger charge is -2.19. The predicted molar refractivity (Wildman–Crippen MR) is 115 cm³/mol. The molecule has 0 bridgehead atoms. The lowest BCUT2D eigenvalue weighted by molar-refractivity contribution is 0.0952. The average Bonchev–Trinajstić information content (AvgIpc) is 3.19. The Morgan fingerprint density at radius 2 is 1.72 bits per heavy atom. The minimum absolute atomic E-state index is 0.109. The van der Waals surface area contributed by atoms with E-state index in [1.807, 2.05) is 48.7 Å². The third-order valence-electron chi connectivity index (χ3n) is 5.02. The summed E-state index contributed by atoms with van der Waals surface area (Å²) in [5.41, 5.74) is 4.11. The van der Waals surface area contributed by atoms with Crippen LogP contribution in [-0.4, -0.2) is 17.4 Å². The highest BCUT2D eigenvalue weighted by molar-refractivity contribution is 6.31. The van der Waals surface area contributed by atoms with Crippen LogP contribution in [0.5, 0.6) is 0 Å². The monoisotopic (exact) mass is 399 g/mol. The van der Waals surface area contributed by atoms with Gasteiger partial charge in [0.05, 0.1) is 11.6 Å². The van der Waals surface area contributed by atoms with Crippen molar-refractivity contribution in [2.75, 3.05) is 6.54 Å². The number of aromatic amines is 1. The van der Waals surface area contributed by atoms with Crippen molar-refractivity contribution >= 4 is 28.4 Å². The molecule has 0 aliphatic rings. The first-order chi connectivity index (χ1) is 14.2. The van der Waals surface area contributed by atoms with Crippen LogP contribution in [0.2, 0.25) is 5.02 Å². The number of carbonyl (C=O) groups excluding carboxylic acids is 1. The Labute approximate surface area is 173 Å². The largest absolute Gasteiger partial charge is 0.361 e. The number of hydrogen-bond acceptors (Lipinski definition) is 2. The molecule has 0 spiro atoms. The zero-order chi connectivity index (χ0) is 20.2. The van der Waals surface area contributed by atoms with Gasteiger partial charge in [-0.1, -0.05) is 48.0 Å². The number of hydrogen-bond donors (Lipinski definition) is 2. The van der Waals surface area contributed by atoms with Crippen molar-refractivity contribution in [1.82, 2.24) is 10.3 Å². The molecule has 4 rings (SSSR count). The van der Waals surface area contributed by atoms with E-state index in [9.17, 15) is 4.79 Å². The summed E-state index contributed by atoms with van der Waals surface area (Å²) in [6.07, 6.45) is 1.98. The summed E-state index contributed by atoms with van der Waals surface area (Å²) in [7, 11) is 0. The number of halogens is 1. The maximum absolute atomic E-state index is 12.7. The minimum Gasteiger partial charge on any atom is -0.361 e. The van der Waals surface area contributed by atoms with Gasteiger partial charge in [0, 0.05) is 40.1 Å². The van der Waals surface area contributed by atoms with Crippen LogP contribution >= 0.6 is 11.6 Å². The fourth-order valence-corrected chi connectivity index (χ4v) is 3.79. The van der Waals surface area contributed by atoms with E-state index in [0.29, 0.717) is 22.7 Å². The first-order valence-electron chi connectivity index (χ1n) is 9.26. The molecule has 3 aromatic carbocycles. The molecule has 0 aliphatic heterocycles. The van der Waals surface area contributed by atoms with Crippen molar-refractivity contribution in [3.63, 3.8) is 0 Å². The van der Waals surface area contributed by atoms with E-state index < -0.39 is 0 Å². The molecule has 1 atom stereocenters. The molecule has 0 fully saturated rings. The van der Waals surface area contributed by atoms with Crippen LogP contribution in [0.3, 0.4) is 0 Å². The maximum atomic E-state index is 12.7. The highest BCUT2D eigenvalue weighted by atomic mass is 35.5. The van der Waals surface area contributed by atoms with Gasteiger partial charge in [-0.2, -0.15) is 5.26 Å². The number of H-pyrrole nitrogens is 1. The molecule has 1 heterocycles. The van der Waals surface area contributed by atoms with E-state index in [1.54, 1.807) is 24.3 Å². The maximum Gasteiger partial charge on any atom is 0.251 e. The number of para-hydroxylation sites is 1. The molecule has 0 unspecified atom stereocenters. The molecule has 0 saturated carbocycles. The second-order valence-electron chi connectivity index (χ2n) is 6.76. The molecule has 4 aromatic rings. The Kier molecular flexibility index (Phi) is 5.33. The summed E-state index contributed by atoms with van der Waals surface area (Å²) in [4.78, 5) is 16.0. The standard InChI is InChI=1S/C24H18ClN3O/c25-22-7-3-1-5-18(22)20(21-14-27-23-8-4-2-6-19(21)23)15-28-24(29)17-11-9-16(13-26)10-12-17/h1-12,14,20,27H,15H2,(H,28,29)/t20-/m0/s1. The van der Waals surface area contributed by atoms with E-state index in [1.165, 1.54) is 0 Å². The Hall–Kier alpha value is -3.55.